The average molecular weight is 470 g/mol. The Labute approximate surface area is 191 Å². The van der Waals surface area contributed by atoms with Gasteiger partial charge in [0.1, 0.15) is 11.5 Å². The molecule has 3 aromatic carbocycles. The first-order chi connectivity index (χ1) is 15.8. The van der Waals surface area contributed by atoms with Crippen molar-refractivity contribution in [1.82, 2.24) is 10.9 Å². The Morgan fingerprint density at radius 2 is 1.48 bits per heavy atom. The Bertz CT molecular complexity index is 1260. The first kappa shape index (κ1) is 23.6. The number of carbonyl (C=O) groups is 2. The summed E-state index contributed by atoms with van der Waals surface area (Å²) in [6.45, 7) is 0. The van der Waals surface area contributed by atoms with Gasteiger partial charge in [0.05, 0.1) is 31.2 Å². The molecule has 0 atom stereocenters. The number of hydrogen-bond acceptors (Lipinski definition) is 6. The molecule has 0 aliphatic heterocycles. The zero-order valence-electron chi connectivity index (χ0n) is 18.0. The first-order valence-corrected chi connectivity index (χ1v) is 11.3. The highest BCUT2D eigenvalue weighted by Crippen LogP contribution is 2.26. The second-order valence-electron chi connectivity index (χ2n) is 6.82. The molecule has 3 aromatic rings. The molecule has 0 aliphatic rings. The molecule has 33 heavy (non-hydrogen) atoms. The van der Waals surface area contributed by atoms with E-state index in [-0.39, 0.29) is 22.6 Å². The molecule has 0 fully saturated rings. The van der Waals surface area contributed by atoms with Gasteiger partial charge in [-0.2, -0.15) is 0 Å². The van der Waals surface area contributed by atoms with Crippen molar-refractivity contribution < 1.29 is 27.5 Å². The molecule has 0 spiro atoms. The number of nitrogens with one attached hydrogen (secondary N) is 3. The standard InChI is InChI=1S/C23H23N3O6S/c1-31-20-12-5-3-8-16(20)15-22(27)24-25-23(28)17-9-7-10-18(14-17)33(29,30)26-19-11-4-6-13-21(19)32-2/h3-14,26H,15H2,1-2H3,(H,24,27)(H,25,28). The van der Waals surface area contributed by atoms with Gasteiger partial charge in [0.25, 0.3) is 15.9 Å². The third-order valence-electron chi connectivity index (χ3n) is 4.62. The Balaban J connectivity index is 1.67. The molecular formula is C23H23N3O6S. The van der Waals surface area contributed by atoms with Crippen LogP contribution in [0.4, 0.5) is 5.69 Å². The molecule has 0 saturated carbocycles. The molecule has 3 rings (SSSR count). The maximum absolute atomic E-state index is 12.8. The number of benzene rings is 3. The van der Waals surface area contributed by atoms with E-state index in [0.29, 0.717) is 17.1 Å². The fourth-order valence-electron chi connectivity index (χ4n) is 3.00. The normalized spacial score (nSPS) is 10.7. The van der Waals surface area contributed by atoms with Crippen LogP contribution in [0.15, 0.2) is 77.7 Å². The Kier molecular flexibility index (Phi) is 7.52. The van der Waals surface area contributed by atoms with Gasteiger partial charge in [-0.05, 0) is 36.4 Å². The number of hydrogen-bond donors (Lipinski definition) is 3. The number of sulfonamides is 1. The van der Waals surface area contributed by atoms with Crippen LogP contribution in [0.3, 0.4) is 0 Å². The lowest BCUT2D eigenvalue weighted by Crippen LogP contribution is -2.42. The van der Waals surface area contributed by atoms with Crippen molar-refractivity contribution >= 4 is 27.5 Å². The van der Waals surface area contributed by atoms with Gasteiger partial charge in [-0.15, -0.1) is 0 Å². The minimum Gasteiger partial charge on any atom is -0.496 e. The van der Waals surface area contributed by atoms with Crippen LogP contribution in [-0.4, -0.2) is 34.5 Å². The predicted octanol–water partition coefficient (Wildman–Crippen LogP) is 2.51. The van der Waals surface area contributed by atoms with E-state index in [1.807, 2.05) is 0 Å². The smallest absolute Gasteiger partial charge is 0.269 e. The van der Waals surface area contributed by atoms with Crippen molar-refractivity contribution in [3.8, 4) is 11.5 Å². The molecule has 0 unspecified atom stereocenters. The molecule has 172 valence electrons. The monoisotopic (exact) mass is 469 g/mol. The topological polar surface area (TPSA) is 123 Å². The molecule has 10 heteroatoms. The van der Waals surface area contributed by atoms with Gasteiger partial charge in [-0.3, -0.25) is 25.2 Å². The highest BCUT2D eigenvalue weighted by atomic mass is 32.2. The van der Waals surface area contributed by atoms with E-state index in [1.54, 1.807) is 48.5 Å². The van der Waals surface area contributed by atoms with E-state index < -0.39 is 21.8 Å². The molecule has 0 saturated heterocycles. The van der Waals surface area contributed by atoms with Gasteiger partial charge in [0.15, 0.2) is 0 Å². The summed E-state index contributed by atoms with van der Waals surface area (Å²) in [5.41, 5.74) is 5.58. The lowest BCUT2D eigenvalue weighted by Gasteiger charge is -2.13. The van der Waals surface area contributed by atoms with Crippen LogP contribution in [0, 0.1) is 0 Å². The summed E-state index contributed by atoms with van der Waals surface area (Å²) >= 11 is 0. The van der Waals surface area contributed by atoms with E-state index in [1.165, 1.54) is 38.5 Å². The highest BCUT2D eigenvalue weighted by molar-refractivity contribution is 7.92. The summed E-state index contributed by atoms with van der Waals surface area (Å²) in [7, 11) is -1.06. The van der Waals surface area contributed by atoms with Gasteiger partial charge < -0.3 is 9.47 Å². The van der Waals surface area contributed by atoms with Crippen molar-refractivity contribution in [3.05, 3.63) is 83.9 Å². The molecule has 0 aliphatic carbocycles. The summed E-state index contributed by atoms with van der Waals surface area (Å²) in [5.74, 6) is -0.223. The first-order valence-electron chi connectivity index (χ1n) is 9.81. The number of rotatable bonds is 8. The van der Waals surface area contributed by atoms with Crippen LogP contribution in [0.2, 0.25) is 0 Å². The summed E-state index contributed by atoms with van der Waals surface area (Å²) in [5, 5.41) is 0. The summed E-state index contributed by atoms with van der Waals surface area (Å²) in [6, 6.07) is 19.0. The molecule has 3 N–H and O–H groups in total. The maximum atomic E-state index is 12.8. The summed E-state index contributed by atoms with van der Waals surface area (Å²) in [4.78, 5) is 24.6. The Morgan fingerprint density at radius 1 is 0.818 bits per heavy atom. The average Bonchev–Trinajstić information content (AvgIpc) is 2.83. The zero-order valence-corrected chi connectivity index (χ0v) is 18.8. The summed E-state index contributed by atoms with van der Waals surface area (Å²) in [6.07, 6.45) is -0.0124. The van der Waals surface area contributed by atoms with Crippen molar-refractivity contribution in [1.29, 1.82) is 0 Å². The van der Waals surface area contributed by atoms with Crippen molar-refractivity contribution in [2.45, 2.75) is 11.3 Å². The quantitative estimate of drug-likeness (QED) is 0.436. The third-order valence-corrected chi connectivity index (χ3v) is 5.98. The predicted molar refractivity (Wildman–Crippen MR) is 123 cm³/mol. The van der Waals surface area contributed by atoms with E-state index in [4.69, 9.17) is 9.47 Å². The van der Waals surface area contributed by atoms with E-state index >= 15 is 0 Å². The number of para-hydroxylation sites is 3. The fraction of sp³-hybridized carbons (Fsp3) is 0.130. The SMILES string of the molecule is COc1ccccc1CC(=O)NNC(=O)c1cccc(S(=O)(=O)Nc2ccccc2OC)c1. The lowest BCUT2D eigenvalue weighted by atomic mass is 10.1. The van der Waals surface area contributed by atoms with E-state index in [2.05, 4.69) is 15.6 Å². The van der Waals surface area contributed by atoms with Gasteiger partial charge >= 0.3 is 0 Å². The number of amides is 2. The molecule has 0 heterocycles. The third kappa shape index (κ3) is 6.01. The largest absolute Gasteiger partial charge is 0.496 e. The maximum Gasteiger partial charge on any atom is 0.269 e. The van der Waals surface area contributed by atoms with Gasteiger partial charge in [-0.25, -0.2) is 8.42 Å². The highest BCUT2D eigenvalue weighted by Gasteiger charge is 2.18. The second-order valence-corrected chi connectivity index (χ2v) is 8.51. The van der Waals surface area contributed by atoms with E-state index in [0.717, 1.165) is 0 Å². The second kappa shape index (κ2) is 10.5. The van der Waals surface area contributed by atoms with Crippen LogP contribution >= 0.6 is 0 Å². The number of hydrazine groups is 1. The van der Waals surface area contributed by atoms with Gasteiger partial charge in [0.2, 0.25) is 5.91 Å². The van der Waals surface area contributed by atoms with Crippen LogP contribution in [-0.2, 0) is 21.2 Å². The number of ether oxygens (including phenoxy) is 2. The van der Waals surface area contributed by atoms with Crippen molar-refractivity contribution in [2.24, 2.45) is 0 Å². The molecule has 0 radical (unpaired) electrons. The Hall–Kier alpha value is -4.05. The van der Waals surface area contributed by atoms with Crippen molar-refractivity contribution in [3.63, 3.8) is 0 Å². The molecule has 2 amide bonds. The molecular weight excluding hydrogens is 446 g/mol. The van der Waals surface area contributed by atoms with Crippen LogP contribution in [0.1, 0.15) is 15.9 Å². The zero-order chi connectivity index (χ0) is 23.8. The molecule has 0 bridgehead atoms. The number of anilines is 1. The van der Waals surface area contributed by atoms with Crippen LogP contribution in [0.25, 0.3) is 0 Å². The summed E-state index contributed by atoms with van der Waals surface area (Å²) < 4.78 is 38.4. The van der Waals surface area contributed by atoms with Gasteiger partial charge in [-0.1, -0.05) is 36.4 Å². The fourth-order valence-corrected chi connectivity index (χ4v) is 4.12. The van der Waals surface area contributed by atoms with Crippen LogP contribution < -0.4 is 25.0 Å². The van der Waals surface area contributed by atoms with Crippen molar-refractivity contribution in [2.75, 3.05) is 18.9 Å². The Morgan fingerprint density at radius 3 is 2.21 bits per heavy atom. The minimum atomic E-state index is -3.99. The van der Waals surface area contributed by atoms with E-state index in [9.17, 15) is 18.0 Å². The van der Waals surface area contributed by atoms with Crippen LogP contribution in [0.5, 0.6) is 11.5 Å². The molecule has 0 aromatic heterocycles. The van der Waals surface area contributed by atoms with Gasteiger partial charge in [0, 0.05) is 11.1 Å². The lowest BCUT2D eigenvalue weighted by molar-refractivity contribution is -0.121. The minimum absolute atomic E-state index is 0.0124. The number of methoxy groups -OCH3 is 2. The number of carbonyl (C=O) groups excluding carboxylic acids is 2. The molecule has 9 nitrogen and oxygen atoms in total.